The molecule has 0 bridgehead atoms. The van der Waals surface area contributed by atoms with E-state index in [4.69, 9.17) is 4.42 Å². The number of β-amino-alcohol motifs (C(OH)–C–C–N with tert-alkyl or cyclic N) is 1. The van der Waals surface area contributed by atoms with E-state index in [9.17, 15) is 5.11 Å². The van der Waals surface area contributed by atoms with Crippen molar-refractivity contribution in [1.82, 2.24) is 19.7 Å². The van der Waals surface area contributed by atoms with Crippen LogP contribution in [0.1, 0.15) is 24.7 Å². The van der Waals surface area contributed by atoms with Crippen LogP contribution in [0, 0.1) is 0 Å². The van der Waals surface area contributed by atoms with E-state index < -0.39 is 6.10 Å². The molecular weight excluding hydrogens is 304 g/mol. The molecule has 0 unspecified atom stereocenters. The van der Waals surface area contributed by atoms with E-state index in [0.717, 1.165) is 42.9 Å². The summed E-state index contributed by atoms with van der Waals surface area (Å²) >= 11 is 0. The lowest BCUT2D eigenvalue weighted by atomic mass is 9.96. The number of aliphatic hydroxyl groups excluding tert-OH is 1. The zero-order valence-electron chi connectivity index (χ0n) is 13.6. The summed E-state index contributed by atoms with van der Waals surface area (Å²) in [5.41, 5.74) is 1.80. The van der Waals surface area contributed by atoms with Crippen molar-refractivity contribution < 1.29 is 9.52 Å². The Morgan fingerprint density at radius 1 is 1.17 bits per heavy atom. The van der Waals surface area contributed by atoms with Crippen molar-refractivity contribution in [1.29, 1.82) is 0 Å². The average molecular weight is 326 g/mol. The SMILES string of the molecule is O[C@@H](CN1CCC(c2nc3ccccc3o2)CC1)Cn1cccn1. The third-order valence-electron chi connectivity index (χ3n) is 4.67. The van der Waals surface area contributed by atoms with Crippen LogP contribution >= 0.6 is 0 Å². The fourth-order valence-electron chi connectivity index (χ4n) is 3.41. The van der Waals surface area contributed by atoms with Gasteiger partial charge in [0, 0.05) is 24.9 Å². The fraction of sp³-hybridized carbons (Fsp3) is 0.444. The standard InChI is InChI=1S/C18H22N4O2/c23-15(13-22-9-3-8-19-22)12-21-10-6-14(7-11-21)18-20-16-4-1-2-5-17(16)24-18/h1-5,8-9,14-15,23H,6-7,10-13H2/t15-/m0/s1. The molecule has 0 amide bonds. The number of nitrogens with zero attached hydrogens (tertiary/aromatic N) is 4. The second kappa shape index (κ2) is 6.75. The van der Waals surface area contributed by atoms with Crippen LogP contribution in [-0.2, 0) is 6.54 Å². The largest absolute Gasteiger partial charge is 0.440 e. The molecule has 6 heteroatoms. The minimum atomic E-state index is -0.397. The number of aromatic nitrogens is 3. The summed E-state index contributed by atoms with van der Waals surface area (Å²) in [4.78, 5) is 6.94. The van der Waals surface area contributed by atoms with Gasteiger partial charge in [0.05, 0.1) is 12.6 Å². The topological polar surface area (TPSA) is 67.3 Å². The highest BCUT2D eigenvalue weighted by Crippen LogP contribution is 2.29. The van der Waals surface area contributed by atoms with Gasteiger partial charge in [0.2, 0.25) is 0 Å². The van der Waals surface area contributed by atoms with Gasteiger partial charge in [0.1, 0.15) is 5.52 Å². The zero-order valence-corrected chi connectivity index (χ0v) is 13.6. The number of hydrogen-bond acceptors (Lipinski definition) is 5. The number of rotatable bonds is 5. The predicted molar refractivity (Wildman–Crippen MR) is 90.7 cm³/mol. The van der Waals surface area contributed by atoms with Crippen LogP contribution in [0.5, 0.6) is 0 Å². The van der Waals surface area contributed by atoms with Crippen molar-refractivity contribution in [3.63, 3.8) is 0 Å². The van der Waals surface area contributed by atoms with Gasteiger partial charge in [-0.3, -0.25) is 4.68 Å². The first-order valence-electron chi connectivity index (χ1n) is 8.51. The lowest BCUT2D eigenvalue weighted by Gasteiger charge is -2.31. The van der Waals surface area contributed by atoms with Crippen LogP contribution in [0.3, 0.4) is 0 Å². The first-order chi connectivity index (χ1) is 11.8. The third-order valence-corrected chi connectivity index (χ3v) is 4.67. The van der Waals surface area contributed by atoms with E-state index in [1.807, 2.05) is 36.5 Å². The van der Waals surface area contributed by atoms with Crippen molar-refractivity contribution in [2.24, 2.45) is 0 Å². The van der Waals surface area contributed by atoms with Crippen molar-refractivity contribution >= 4 is 11.1 Å². The number of para-hydroxylation sites is 2. The van der Waals surface area contributed by atoms with Crippen LogP contribution in [0.4, 0.5) is 0 Å². The number of benzene rings is 1. The number of hydrogen-bond donors (Lipinski definition) is 1. The van der Waals surface area contributed by atoms with Crippen molar-refractivity contribution in [3.8, 4) is 0 Å². The maximum Gasteiger partial charge on any atom is 0.198 e. The van der Waals surface area contributed by atoms with E-state index in [1.165, 1.54) is 0 Å². The Morgan fingerprint density at radius 2 is 2.00 bits per heavy atom. The van der Waals surface area contributed by atoms with Crippen LogP contribution in [0.15, 0.2) is 47.1 Å². The summed E-state index contributed by atoms with van der Waals surface area (Å²) in [6.07, 6.45) is 5.25. The Morgan fingerprint density at radius 3 is 2.75 bits per heavy atom. The van der Waals surface area contributed by atoms with Crippen LogP contribution in [-0.4, -0.2) is 50.5 Å². The molecule has 3 aromatic rings. The molecule has 4 rings (SSSR count). The average Bonchev–Trinajstić information content (AvgIpc) is 3.24. The molecule has 1 aliphatic rings. The molecule has 1 atom stereocenters. The molecule has 2 aromatic heterocycles. The second-order valence-corrected chi connectivity index (χ2v) is 6.48. The maximum absolute atomic E-state index is 10.2. The molecule has 1 fully saturated rings. The highest BCUT2D eigenvalue weighted by Gasteiger charge is 2.25. The van der Waals surface area contributed by atoms with Gasteiger partial charge in [-0.15, -0.1) is 0 Å². The molecule has 0 aliphatic carbocycles. The second-order valence-electron chi connectivity index (χ2n) is 6.48. The van der Waals surface area contributed by atoms with Gasteiger partial charge in [0.15, 0.2) is 11.5 Å². The summed E-state index contributed by atoms with van der Waals surface area (Å²) < 4.78 is 7.68. The molecule has 1 aliphatic heterocycles. The molecular formula is C18H22N4O2. The molecule has 1 aromatic carbocycles. The Bertz CT molecular complexity index is 742. The number of aliphatic hydroxyl groups is 1. The van der Waals surface area contributed by atoms with Gasteiger partial charge >= 0.3 is 0 Å². The molecule has 0 radical (unpaired) electrons. The summed E-state index contributed by atoms with van der Waals surface area (Å²) in [7, 11) is 0. The Balaban J connectivity index is 1.31. The van der Waals surface area contributed by atoms with E-state index in [-0.39, 0.29) is 0 Å². The minimum Gasteiger partial charge on any atom is -0.440 e. The third kappa shape index (κ3) is 3.34. The highest BCUT2D eigenvalue weighted by molar-refractivity contribution is 5.72. The van der Waals surface area contributed by atoms with Gasteiger partial charge < -0.3 is 14.4 Å². The lowest BCUT2D eigenvalue weighted by molar-refractivity contribution is 0.0806. The normalized spacial score (nSPS) is 18.2. The molecule has 126 valence electrons. The van der Waals surface area contributed by atoms with Crippen molar-refractivity contribution in [2.75, 3.05) is 19.6 Å². The Kier molecular flexibility index (Phi) is 4.32. The number of fused-ring (bicyclic) bond motifs is 1. The molecule has 0 spiro atoms. The predicted octanol–water partition coefficient (Wildman–Crippen LogP) is 2.26. The molecule has 6 nitrogen and oxygen atoms in total. The van der Waals surface area contributed by atoms with Crippen molar-refractivity contribution in [3.05, 3.63) is 48.6 Å². The van der Waals surface area contributed by atoms with Crippen LogP contribution in [0.25, 0.3) is 11.1 Å². The van der Waals surface area contributed by atoms with Gasteiger partial charge in [0.25, 0.3) is 0 Å². The van der Waals surface area contributed by atoms with E-state index in [2.05, 4.69) is 15.0 Å². The summed E-state index contributed by atoms with van der Waals surface area (Å²) in [5.74, 6) is 1.23. The molecule has 0 saturated carbocycles. The fourth-order valence-corrected chi connectivity index (χ4v) is 3.41. The molecule has 1 saturated heterocycles. The highest BCUT2D eigenvalue weighted by atomic mass is 16.3. The van der Waals surface area contributed by atoms with E-state index in [1.54, 1.807) is 10.9 Å². The quantitative estimate of drug-likeness (QED) is 0.779. The molecule has 3 heterocycles. The first-order valence-corrected chi connectivity index (χ1v) is 8.51. The summed E-state index contributed by atoms with van der Waals surface area (Å²) in [6, 6.07) is 9.79. The van der Waals surface area contributed by atoms with Crippen molar-refractivity contribution in [2.45, 2.75) is 31.4 Å². The Hall–Kier alpha value is -2.18. The van der Waals surface area contributed by atoms with E-state index >= 15 is 0 Å². The van der Waals surface area contributed by atoms with Gasteiger partial charge in [-0.1, -0.05) is 12.1 Å². The lowest BCUT2D eigenvalue weighted by Crippen LogP contribution is -2.39. The molecule has 1 N–H and O–H groups in total. The van der Waals surface area contributed by atoms with Gasteiger partial charge in [-0.05, 0) is 44.1 Å². The smallest absolute Gasteiger partial charge is 0.198 e. The molecule has 24 heavy (non-hydrogen) atoms. The number of piperidine rings is 1. The van der Waals surface area contributed by atoms with Crippen LogP contribution in [0.2, 0.25) is 0 Å². The summed E-state index contributed by atoms with van der Waals surface area (Å²) in [5, 5.41) is 14.4. The van der Waals surface area contributed by atoms with Gasteiger partial charge in [-0.25, -0.2) is 4.98 Å². The van der Waals surface area contributed by atoms with Gasteiger partial charge in [-0.2, -0.15) is 5.10 Å². The van der Waals surface area contributed by atoms with Crippen LogP contribution < -0.4 is 0 Å². The monoisotopic (exact) mass is 326 g/mol. The number of oxazole rings is 1. The van der Waals surface area contributed by atoms with E-state index in [0.29, 0.717) is 19.0 Å². The number of likely N-dealkylation sites (tertiary alicyclic amines) is 1. The first kappa shape index (κ1) is 15.4. The minimum absolute atomic E-state index is 0.372. The zero-order chi connectivity index (χ0) is 16.4. The maximum atomic E-state index is 10.2. The Labute approximate surface area is 140 Å². The summed E-state index contributed by atoms with van der Waals surface area (Å²) in [6.45, 7) is 3.14.